The molecule has 0 aromatic heterocycles. The Morgan fingerprint density at radius 3 is 2.69 bits per heavy atom. The van der Waals surface area contributed by atoms with Gasteiger partial charge in [-0.15, -0.1) is 0 Å². The first-order valence-electron chi connectivity index (χ1n) is 5.43. The highest BCUT2D eigenvalue weighted by Crippen LogP contribution is 2.40. The molecule has 0 aliphatic heterocycles. The van der Waals surface area contributed by atoms with Crippen LogP contribution < -0.4 is 5.73 Å². The van der Waals surface area contributed by atoms with Crippen molar-refractivity contribution < 1.29 is 0 Å². The number of nitrogen functional groups attached to an aromatic ring is 1. The number of anilines is 1. The van der Waals surface area contributed by atoms with E-state index in [1.54, 1.807) is 0 Å². The first-order chi connectivity index (χ1) is 7.81. The predicted octanol–water partition coefficient (Wildman–Crippen LogP) is 3.48. The molecule has 3 rings (SSSR count). The van der Waals surface area contributed by atoms with E-state index in [0.717, 1.165) is 17.7 Å². The third-order valence-electron chi connectivity index (χ3n) is 3.27. The second kappa shape index (κ2) is 3.24. The molecule has 0 atom stereocenters. The van der Waals surface area contributed by atoms with Gasteiger partial charge in [-0.05, 0) is 34.7 Å². The number of hydrogen-bond donors (Lipinski definition) is 1. The van der Waals surface area contributed by atoms with Crippen LogP contribution in [0.15, 0.2) is 43.0 Å². The predicted molar refractivity (Wildman–Crippen MR) is 69.2 cm³/mol. The van der Waals surface area contributed by atoms with Crippen LogP contribution in [-0.4, -0.2) is 0 Å². The molecule has 0 heterocycles. The summed E-state index contributed by atoms with van der Waals surface area (Å²) in [5.41, 5.74) is 13.2. The van der Waals surface area contributed by atoms with E-state index in [1.807, 2.05) is 12.1 Å². The van der Waals surface area contributed by atoms with Crippen molar-refractivity contribution in [1.82, 2.24) is 0 Å². The fourth-order valence-corrected chi connectivity index (χ4v) is 2.49. The van der Waals surface area contributed by atoms with Gasteiger partial charge in [0, 0.05) is 11.3 Å². The van der Waals surface area contributed by atoms with E-state index in [2.05, 4.69) is 36.9 Å². The topological polar surface area (TPSA) is 26.0 Å². The number of benzene rings is 2. The van der Waals surface area contributed by atoms with Crippen LogP contribution in [0.2, 0.25) is 0 Å². The van der Waals surface area contributed by atoms with E-state index in [1.165, 1.54) is 22.3 Å². The van der Waals surface area contributed by atoms with Crippen molar-refractivity contribution in [1.29, 1.82) is 0 Å². The number of rotatable bonds is 1. The molecule has 16 heavy (non-hydrogen) atoms. The normalized spacial score (nSPS) is 12.0. The molecular weight excluding hydrogens is 194 g/mol. The summed E-state index contributed by atoms with van der Waals surface area (Å²) in [7, 11) is 0. The summed E-state index contributed by atoms with van der Waals surface area (Å²) >= 11 is 0. The van der Waals surface area contributed by atoms with Crippen LogP contribution in [0.3, 0.4) is 0 Å². The minimum Gasteiger partial charge on any atom is -0.398 e. The Balaban J connectivity index is 2.32. The smallest absolute Gasteiger partial charge is 0.0390 e. The lowest BCUT2D eigenvalue weighted by molar-refractivity contribution is 1.25. The van der Waals surface area contributed by atoms with Crippen molar-refractivity contribution in [2.75, 3.05) is 5.73 Å². The van der Waals surface area contributed by atoms with E-state index >= 15 is 0 Å². The molecule has 0 bridgehead atoms. The van der Waals surface area contributed by atoms with E-state index in [-0.39, 0.29) is 0 Å². The largest absolute Gasteiger partial charge is 0.398 e. The summed E-state index contributed by atoms with van der Waals surface area (Å²) in [6.07, 6.45) is 2.83. The van der Waals surface area contributed by atoms with Gasteiger partial charge in [0.05, 0.1) is 0 Å². The van der Waals surface area contributed by atoms with E-state index in [0.29, 0.717) is 0 Å². The Labute approximate surface area is 95.2 Å². The summed E-state index contributed by atoms with van der Waals surface area (Å²) < 4.78 is 0. The molecule has 1 nitrogen and oxygen atoms in total. The standard InChI is InChI=1S/C15H13N/c1-2-11-14-9-10-5-3-4-6-12(10)13(14)7-8-15(11)16/h2-8H,1,9,16H2. The summed E-state index contributed by atoms with van der Waals surface area (Å²) in [4.78, 5) is 0. The quantitative estimate of drug-likeness (QED) is 0.607. The monoisotopic (exact) mass is 207 g/mol. The Morgan fingerprint density at radius 2 is 1.88 bits per heavy atom. The third kappa shape index (κ3) is 1.12. The van der Waals surface area contributed by atoms with E-state index in [4.69, 9.17) is 5.73 Å². The van der Waals surface area contributed by atoms with Gasteiger partial charge in [-0.3, -0.25) is 0 Å². The van der Waals surface area contributed by atoms with Crippen LogP contribution in [0.5, 0.6) is 0 Å². The zero-order valence-corrected chi connectivity index (χ0v) is 9.03. The molecule has 0 amide bonds. The Bertz CT molecular complexity index is 582. The molecule has 0 spiro atoms. The molecule has 2 aromatic rings. The average Bonchev–Trinajstić information content (AvgIpc) is 2.67. The highest BCUT2D eigenvalue weighted by atomic mass is 14.6. The molecule has 1 aliphatic carbocycles. The summed E-state index contributed by atoms with van der Waals surface area (Å²) in [6.45, 7) is 3.85. The van der Waals surface area contributed by atoms with Crippen LogP contribution in [-0.2, 0) is 6.42 Å². The van der Waals surface area contributed by atoms with Gasteiger partial charge in [-0.25, -0.2) is 0 Å². The molecule has 1 heteroatoms. The minimum atomic E-state index is 0.821. The fraction of sp³-hybridized carbons (Fsp3) is 0.0667. The summed E-state index contributed by atoms with van der Waals surface area (Å²) in [5.74, 6) is 0. The lowest BCUT2D eigenvalue weighted by Crippen LogP contribution is -1.94. The molecular formula is C15H13N. The second-order valence-corrected chi connectivity index (χ2v) is 4.13. The Hall–Kier alpha value is -2.02. The van der Waals surface area contributed by atoms with Crippen molar-refractivity contribution in [2.45, 2.75) is 6.42 Å². The number of hydrogen-bond acceptors (Lipinski definition) is 1. The van der Waals surface area contributed by atoms with Gasteiger partial charge in [0.1, 0.15) is 0 Å². The van der Waals surface area contributed by atoms with Gasteiger partial charge in [-0.1, -0.05) is 43.0 Å². The van der Waals surface area contributed by atoms with Crippen LogP contribution >= 0.6 is 0 Å². The van der Waals surface area contributed by atoms with Gasteiger partial charge >= 0.3 is 0 Å². The van der Waals surface area contributed by atoms with Crippen molar-refractivity contribution in [2.24, 2.45) is 0 Å². The molecule has 0 radical (unpaired) electrons. The molecule has 1 aliphatic rings. The van der Waals surface area contributed by atoms with E-state index in [9.17, 15) is 0 Å². The Morgan fingerprint density at radius 1 is 1.06 bits per heavy atom. The van der Waals surface area contributed by atoms with Crippen molar-refractivity contribution in [3.8, 4) is 11.1 Å². The highest BCUT2D eigenvalue weighted by molar-refractivity contribution is 5.84. The third-order valence-corrected chi connectivity index (χ3v) is 3.27. The van der Waals surface area contributed by atoms with Gasteiger partial charge in [0.15, 0.2) is 0 Å². The molecule has 0 saturated carbocycles. The van der Waals surface area contributed by atoms with Gasteiger partial charge in [0.2, 0.25) is 0 Å². The lowest BCUT2D eigenvalue weighted by atomic mass is 10.00. The van der Waals surface area contributed by atoms with Gasteiger partial charge < -0.3 is 5.73 Å². The molecule has 0 saturated heterocycles. The van der Waals surface area contributed by atoms with E-state index < -0.39 is 0 Å². The lowest BCUT2D eigenvalue weighted by Gasteiger charge is -2.07. The van der Waals surface area contributed by atoms with Crippen LogP contribution in [0.4, 0.5) is 5.69 Å². The summed E-state index contributed by atoms with van der Waals surface area (Å²) in [6, 6.07) is 12.6. The highest BCUT2D eigenvalue weighted by Gasteiger charge is 2.20. The zero-order valence-electron chi connectivity index (χ0n) is 9.03. The number of fused-ring (bicyclic) bond motifs is 3. The van der Waals surface area contributed by atoms with Crippen LogP contribution in [0.25, 0.3) is 17.2 Å². The summed E-state index contributed by atoms with van der Waals surface area (Å²) in [5, 5.41) is 0. The molecule has 2 aromatic carbocycles. The zero-order chi connectivity index (χ0) is 11.1. The minimum absolute atomic E-state index is 0.821. The molecule has 78 valence electrons. The maximum absolute atomic E-state index is 5.97. The molecule has 2 N–H and O–H groups in total. The molecule has 0 unspecified atom stereocenters. The SMILES string of the molecule is C=Cc1c(N)ccc2c1Cc1ccccc1-2. The van der Waals surface area contributed by atoms with Crippen LogP contribution in [0.1, 0.15) is 16.7 Å². The van der Waals surface area contributed by atoms with Crippen LogP contribution in [0, 0.1) is 0 Å². The van der Waals surface area contributed by atoms with Crippen molar-refractivity contribution in [3.05, 3.63) is 59.7 Å². The Kier molecular flexibility index (Phi) is 1.87. The van der Waals surface area contributed by atoms with Gasteiger partial charge in [0.25, 0.3) is 0 Å². The number of nitrogens with two attached hydrogens (primary N) is 1. The van der Waals surface area contributed by atoms with Crippen molar-refractivity contribution >= 4 is 11.8 Å². The van der Waals surface area contributed by atoms with Gasteiger partial charge in [-0.2, -0.15) is 0 Å². The van der Waals surface area contributed by atoms with Crippen molar-refractivity contribution in [3.63, 3.8) is 0 Å². The maximum atomic E-state index is 5.97. The fourth-order valence-electron chi connectivity index (χ4n) is 2.49. The first kappa shape index (κ1) is 9.22. The molecule has 0 fully saturated rings. The maximum Gasteiger partial charge on any atom is 0.0390 e. The first-order valence-corrected chi connectivity index (χ1v) is 5.43. The second-order valence-electron chi connectivity index (χ2n) is 4.13. The average molecular weight is 207 g/mol.